The van der Waals surface area contributed by atoms with E-state index >= 15 is 0 Å². The van der Waals surface area contributed by atoms with Crippen LogP contribution >= 0.6 is 11.8 Å². The average molecular weight is 302 g/mol. The Kier molecular flexibility index (Phi) is 4.10. The Bertz CT molecular complexity index is 674. The largest absolute Gasteiger partial charge is 0.478 e. The minimum absolute atomic E-state index is 0.267. The monoisotopic (exact) mass is 302 g/mol. The van der Waals surface area contributed by atoms with Gasteiger partial charge in [0.2, 0.25) is 0 Å². The third-order valence-corrected chi connectivity index (χ3v) is 5.32. The molecule has 1 fully saturated rings. The van der Waals surface area contributed by atoms with E-state index in [-0.39, 0.29) is 5.56 Å². The molecule has 1 aliphatic carbocycles. The summed E-state index contributed by atoms with van der Waals surface area (Å²) in [6.07, 6.45) is 6.59. The summed E-state index contributed by atoms with van der Waals surface area (Å²) in [6.45, 7) is 2.31. The minimum atomic E-state index is -0.925. The molecule has 2 aromatic rings. The van der Waals surface area contributed by atoms with Crippen LogP contribution in [-0.2, 0) is 0 Å². The van der Waals surface area contributed by atoms with Gasteiger partial charge in [-0.3, -0.25) is 0 Å². The molecule has 0 saturated heterocycles. The summed E-state index contributed by atoms with van der Waals surface area (Å²) in [5.41, 5.74) is 0.972. The zero-order chi connectivity index (χ0) is 14.8. The van der Waals surface area contributed by atoms with Crippen molar-refractivity contribution >= 4 is 28.6 Å². The number of benzene rings is 1. The molecule has 1 aromatic heterocycles. The lowest BCUT2D eigenvalue weighted by atomic mass is 9.91. The van der Waals surface area contributed by atoms with Crippen molar-refractivity contribution in [3.8, 4) is 0 Å². The summed E-state index contributed by atoms with van der Waals surface area (Å²) in [5.74, 6) is -0.145. The zero-order valence-electron chi connectivity index (χ0n) is 12.0. The van der Waals surface area contributed by atoms with E-state index in [2.05, 4.69) is 16.9 Å². The van der Waals surface area contributed by atoms with Crippen molar-refractivity contribution in [2.45, 2.75) is 42.9 Å². The first-order valence-corrected chi connectivity index (χ1v) is 8.16. The lowest BCUT2D eigenvalue weighted by molar-refractivity contribution is 0.0697. The predicted octanol–water partition coefficient (Wildman–Crippen LogP) is 4.00. The van der Waals surface area contributed by atoms with Crippen LogP contribution in [0.2, 0.25) is 0 Å². The Balaban J connectivity index is 1.90. The van der Waals surface area contributed by atoms with Crippen molar-refractivity contribution in [2.75, 3.05) is 0 Å². The lowest BCUT2D eigenvalue weighted by Crippen LogP contribution is -2.15. The molecule has 0 spiro atoms. The number of nitrogens with zero attached hydrogens (tertiary/aromatic N) is 2. The first-order valence-electron chi connectivity index (χ1n) is 7.28. The van der Waals surface area contributed by atoms with E-state index in [1.807, 2.05) is 17.8 Å². The van der Waals surface area contributed by atoms with E-state index in [1.54, 1.807) is 12.1 Å². The van der Waals surface area contributed by atoms with E-state index in [1.165, 1.54) is 32.0 Å². The molecule has 0 aliphatic heterocycles. The van der Waals surface area contributed by atoms with Gasteiger partial charge in [0.05, 0.1) is 11.1 Å². The second-order valence-electron chi connectivity index (χ2n) is 5.73. The van der Waals surface area contributed by atoms with Gasteiger partial charge in [-0.2, -0.15) is 0 Å². The number of carboxylic acids is 1. The number of aromatic carboxylic acids is 1. The van der Waals surface area contributed by atoms with Gasteiger partial charge in [-0.05, 0) is 37.0 Å². The number of fused-ring (bicyclic) bond motifs is 1. The molecule has 3 rings (SSSR count). The molecule has 1 aliphatic rings. The molecule has 1 N–H and O–H groups in total. The van der Waals surface area contributed by atoms with Crippen LogP contribution in [0.3, 0.4) is 0 Å². The maximum atomic E-state index is 11.0. The highest BCUT2D eigenvalue weighted by molar-refractivity contribution is 8.00. The van der Waals surface area contributed by atoms with Gasteiger partial charge in [0.25, 0.3) is 0 Å². The Morgan fingerprint density at radius 3 is 2.95 bits per heavy atom. The average Bonchev–Trinajstić information content (AvgIpc) is 2.47. The van der Waals surface area contributed by atoms with Crippen LogP contribution in [0.5, 0.6) is 0 Å². The molecule has 1 heterocycles. The number of carboxylic acid groups (broad SMARTS) is 1. The quantitative estimate of drug-likeness (QED) is 0.868. The summed E-state index contributed by atoms with van der Waals surface area (Å²) in [5, 5.41) is 11.6. The van der Waals surface area contributed by atoms with Crippen LogP contribution in [0, 0.1) is 5.92 Å². The fourth-order valence-corrected chi connectivity index (χ4v) is 4.34. The molecule has 0 radical (unpaired) electrons. The van der Waals surface area contributed by atoms with E-state index in [0.717, 1.165) is 16.3 Å². The summed E-state index contributed by atoms with van der Waals surface area (Å²) in [6, 6.07) is 5.07. The van der Waals surface area contributed by atoms with Crippen molar-refractivity contribution in [3.63, 3.8) is 0 Å². The van der Waals surface area contributed by atoms with Crippen molar-refractivity contribution in [2.24, 2.45) is 5.92 Å². The van der Waals surface area contributed by atoms with Crippen molar-refractivity contribution in [1.29, 1.82) is 0 Å². The number of thioether (sulfide) groups is 1. The maximum absolute atomic E-state index is 11.0. The van der Waals surface area contributed by atoms with Gasteiger partial charge < -0.3 is 5.11 Å². The van der Waals surface area contributed by atoms with E-state index < -0.39 is 5.97 Å². The molecular formula is C16H18N2O2S. The summed E-state index contributed by atoms with van der Waals surface area (Å²) in [4.78, 5) is 19.6. The van der Waals surface area contributed by atoms with E-state index in [9.17, 15) is 4.79 Å². The summed E-state index contributed by atoms with van der Waals surface area (Å²) in [7, 11) is 0. The Morgan fingerprint density at radius 1 is 1.33 bits per heavy atom. The number of hydrogen-bond acceptors (Lipinski definition) is 4. The van der Waals surface area contributed by atoms with Gasteiger partial charge in [0.15, 0.2) is 0 Å². The van der Waals surface area contributed by atoms with Crippen LogP contribution in [0.1, 0.15) is 43.0 Å². The SMILES string of the molecule is CC1CCCC(Sc2ncnc3cc(C(=O)O)ccc23)C1. The number of aromatic nitrogens is 2. The zero-order valence-corrected chi connectivity index (χ0v) is 12.8. The van der Waals surface area contributed by atoms with Crippen molar-refractivity contribution in [3.05, 3.63) is 30.1 Å². The lowest BCUT2D eigenvalue weighted by Gasteiger charge is -2.26. The second kappa shape index (κ2) is 6.02. The Labute approximate surface area is 128 Å². The van der Waals surface area contributed by atoms with Gasteiger partial charge in [0, 0.05) is 10.6 Å². The highest BCUT2D eigenvalue weighted by atomic mass is 32.2. The first-order chi connectivity index (χ1) is 10.1. The Morgan fingerprint density at radius 2 is 2.19 bits per heavy atom. The summed E-state index contributed by atoms with van der Waals surface area (Å²) < 4.78 is 0. The molecule has 0 amide bonds. The van der Waals surface area contributed by atoms with Crippen LogP contribution in [0.15, 0.2) is 29.6 Å². The van der Waals surface area contributed by atoms with Gasteiger partial charge in [-0.1, -0.05) is 19.8 Å². The highest BCUT2D eigenvalue weighted by Crippen LogP contribution is 2.37. The molecule has 0 bridgehead atoms. The molecule has 110 valence electrons. The fourth-order valence-electron chi connectivity index (χ4n) is 2.90. The third kappa shape index (κ3) is 3.18. The topological polar surface area (TPSA) is 63.1 Å². The molecule has 2 unspecified atom stereocenters. The van der Waals surface area contributed by atoms with Gasteiger partial charge in [0.1, 0.15) is 11.4 Å². The van der Waals surface area contributed by atoms with Gasteiger partial charge in [-0.25, -0.2) is 14.8 Å². The molecular weight excluding hydrogens is 284 g/mol. The van der Waals surface area contributed by atoms with Crippen molar-refractivity contribution in [1.82, 2.24) is 9.97 Å². The smallest absolute Gasteiger partial charge is 0.335 e. The molecule has 5 heteroatoms. The first kappa shape index (κ1) is 14.3. The number of rotatable bonds is 3. The van der Waals surface area contributed by atoms with Crippen LogP contribution < -0.4 is 0 Å². The predicted molar refractivity (Wildman–Crippen MR) is 83.8 cm³/mol. The van der Waals surface area contributed by atoms with Gasteiger partial charge >= 0.3 is 5.97 Å². The van der Waals surface area contributed by atoms with Crippen LogP contribution in [-0.4, -0.2) is 26.3 Å². The van der Waals surface area contributed by atoms with E-state index in [0.29, 0.717) is 10.8 Å². The third-order valence-electron chi connectivity index (χ3n) is 4.01. The molecule has 1 aromatic carbocycles. The molecule has 1 saturated carbocycles. The summed E-state index contributed by atoms with van der Waals surface area (Å²) >= 11 is 1.81. The van der Waals surface area contributed by atoms with Crippen molar-refractivity contribution < 1.29 is 9.90 Å². The minimum Gasteiger partial charge on any atom is -0.478 e. The second-order valence-corrected chi connectivity index (χ2v) is 7.02. The molecule has 21 heavy (non-hydrogen) atoms. The van der Waals surface area contributed by atoms with Crippen LogP contribution in [0.4, 0.5) is 0 Å². The number of carbonyl (C=O) groups is 1. The molecule has 4 nitrogen and oxygen atoms in total. The standard InChI is InChI=1S/C16H18N2O2S/c1-10-3-2-4-12(7-10)21-15-13-6-5-11(16(19)20)8-14(13)17-9-18-15/h5-6,8-10,12H,2-4,7H2,1H3,(H,19,20). The number of hydrogen-bond donors (Lipinski definition) is 1. The highest BCUT2D eigenvalue weighted by Gasteiger charge is 2.21. The van der Waals surface area contributed by atoms with Crippen LogP contribution in [0.25, 0.3) is 10.9 Å². The Hall–Kier alpha value is -1.62. The fraction of sp³-hybridized carbons (Fsp3) is 0.438. The maximum Gasteiger partial charge on any atom is 0.335 e. The van der Waals surface area contributed by atoms with Gasteiger partial charge in [-0.15, -0.1) is 11.8 Å². The molecule has 2 atom stereocenters. The normalized spacial score (nSPS) is 22.3. The van der Waals surface area contributed by atoms with E-state index in [4.69, 9.17) is 5.11 Å².